The molecule has 0 radical (unpaired) electrons. The highest BCUT2D eigenvalue weighted by molar-refractivity contribution is 5.44. The summed E-state index contributed by atoms with van der Waals surface area (Å²) in [4.78, 5) is 8.18. The summed E-state index contributed by atoms with van der Waals surface area (Å²) < 4.78 is 0. The molecule has 4 nitrogen and oxygen atoms in total. The van der Waals surface area contributed by atoms with Gasteiger partial charge in [-0.15, -0.1) is 0 Å². The molecule has 17 heavy (non-hydrogen) atoms. The van der Waals surface area contributed by atoms with Gasteiger partial charge in [0, 0.05) is 18.3 Å². The van der Waals surface area contributed by atoms with Crippen LogP contribution in [0.4, 0.5) is 11.8 Å². The van der Waals surface area contributed by atoms with Gasteiger partial charge in [-0.2, -0.15) is 4.98 Å². The van der Waals surface area contributed by atoms with Crippen molar-refractivity contribution in [2.45, 2.75) is 46.5 Å². The molecule has 0 bridgehead atoms. The second-order valence-corrected chi connectivity index (χ2v) is 4.56. The van der Waals surface area contributed by atoms with Crippen LogP contribution >= 0.6 is 0 Å². The highest BCUT2D eigenvalue weighted by atomic mass is 15.1. The van der Waals surface area contributed by atoms with E-state index in [1.807, 2.05) is 6.92 Å². The molecule has 96 valence electrons. The van der Waals surface area contributed by atoms with Crippen LogP contribution in [0.1, 0.15) is 45.1 Å². The van der Waals surface area contributed by atoms with Gasteiger partial charge in [-0.3, -0.25) is 0 Å². The first-order chi connectivity index (χ1) is 8.17. The molecule has 1 aromatic rings. The van der Waals surface area contributed by atoms with E-state index in [1.54, 1.807) is 6.20 Å². The van der Waals surface area contributed by atoms with Crippen LogP contribution in [0.25, 0.3) is 0 Å². The summed E-state index contributed by atoms with van der Waals surface area (Å²) in [5.74, 6) is 1.91. The molecule has 0 saturated carbocycles. The van der Waals surface area contributed by atoms with Gasteiger partial charge in [0.15, 0.2) is 0 Å². The van der Waals surface area contributed by atoms with Crippen molar-refractivity contribution < 1.29 is 0 Å². The Kier molecular flexibility index (Phi) is 5.73. The maximum atomic E-state index is 5.58. The molecule has 0 aliphatic rings. The standard InChI is InChI=1S/C13H24N4/c1-4-6-7-11(5-2)9-15-12-10(3)8-16-13(14)17-12/h8,11H,4-7,9H2,1-3H3,(H3,14,15,16,17). The fourth-order valence-corrected chi connectivity index (χ4v) is 1.82. The largest absolute Gasteiger partial charge is 0.369 e. The first-order valence-electron chi connectivity index (χ1n) is 6.50. The number of anilines is 2. The molecule has 0 aromatic carbocycles. The predicted octanol–water partition coefficient (Wildman–Crippen LogP) is 3.00. The van der Waals surface area contributed by atoms with Crippen LogP contribution in [-0.2, 0) is 0 Å². The lowest BCUT2D eigenvalue weighted by atomic mass is 9.99. The fraction of sp³-hybridized carbons (Fsp3) is 0.692. The lowest BCUT2D eigenvalue weighted by molar-refractivity contribution is 0.472. The molecule has 0 saturated heterocycles. The minimum absolute atomic E-state index is 0.333. The van der Waals surface area contributed by atoms with Gasteiger partial charge in [-0.05, 0) is 19.3 Å². The van der Waals surface area contributed by atoms with E-state index in [-0.39, 0.29) is 0 Å². The topological polar surface area (TPSA) is 63.8 Å². The van der Waals surface area contributed by atoms with Crippen LogP contribution < -0.4 is 11.1 Å². The molecule has 0 fully saturated rings. The van der Waals surface area contributed by atoms with E-state index < -0.39 is 0 Å². The fourth-order valence-electron chi connectivity index (χ4n) is 1.82. The first kappa shape index (κ1) is 13.7. The van der Waals surface area contributed by atoms with Crippen LogP contribution in [0.5, 0.6) is 0 Å². The Bertz CT molecular complexity index is 338. The van der Waals surface area contributed by atoms with Gasteiger partial charge >= 0.3 is 0 Å². The molecule has 0 aliphatic heterocycles. The molecule has 0 amide bonds. The van der Waals surface area contributed by atoms with E-state index in [4.69, 9.17) is 5.73 Å². The molecule has 1 atom stereocenters. The van der Waals surface area contributed by atoms with Crippen molar-refractivity contribution in [1.82, 2.24) is 9.97 Å². The quantitative estimate of drug-likeness (QED) is 0.764. The van der Waals surface area contributed by atoms with Crippen LogP contribution in [0, 0.1) is 12.8 Å². The lowest BCUT2D eigenvalue weighted by Crippen LogP contribution is -2.15. The zero-order chi connectivity index (χ0) is 12.7. The van der Waals surface area contributed by atoms with Gasteiger partial charge in [0.1, 0.15) is 5.82 Å². The minimum atomic E-state index is 0.333. The van der Waals surface area contributed by atoms with Crippen LogP contribution in [0.2, 0.25) is 0 Å². The van der Waals surface area contributed by atoms with Crippen molar-refractivity contribution in [1.29, 1.82) is 0 Å². The SMILES string of the molecule is CCCCC(CC)CNc1nc(N)ncc1C. The van der Waals surface area contributed by atoms with Crippen molar-refractivity contribution in [3.8, 4) is 0 Å². The third-order valence-electron chi connectivity index (χ3n) is 3.09. The Hall–Kier alpha value is -1.32. The zero-order valence-corrected chi connectivity index (χ0v) is 11.2. The number of aromatic nitrogens is 2. The Labute approximate surface area is 104 Å². The number of rotatable bonds is 7. The minimum Gasteiger partial charge on any atom is -0.369 e. The van der Waals surface area contributed by atoms with Crippen molar-refractivity contribution in [3.63, 3.8) is 0 Å². The summed E-state index contributed by atoms with van der Waals surface area (Å²) in [6, 6.07) is 0. The predicted molar refractivity (Wildman–Crippen MR) is 73.0 cm³/mol. The highest BCUT2D eigenvalue weighted by Gasteiger charge is 2.07. The molecule has 1 unspecified atom stereocenters. The number of hydrogen-bond donors (Lipinski definition) is 2. The second-order valence-electron chi connectivity index (χ2n) is 4.56. The van der Waals surface area contributed by atoms with Gasteiger partial charge in [-0.25, -0.2) is 4.98 Å². The number of unbranched alkanes of at least 4 members (excludes halogenated alkanes) is 1. The number of nitrogens with two attached hydrogens (primary N) is 1. The molecule has 1 rings (SSSR count). The number of aryl methyl sites for hydroxylation is 1. The number of nitrogen functional groups attached to an aromatic ring is 1. The van der Waals surface area contributed by atoms with Gasteiger partial charge in [0.05, 0.1) is 0 Å². The summed E-state index contributed by atoms with van der Waals surface area (Å²) >= 11 is 0. The van der Waals surface area contributed by atoms with Crippen molar-refractivity contribution >= 4 is 11.8 Å². The molecule has 3 N–H and O–H groups in total. The van der Waals surface area contributed by atoms with E-state index in [2.05, 4.69) is 29.1 Å². The molecule has 1 heterocycles. The number of nitrogens with zero attached hydrogens (tertiary/aromatic N) is 2. The van der Waals surface area contributed by atoms with Gasteiger partial charge < -0.3 is 11.1 Å². The maximum Gasteiger partial charge on any atom is 0.221 e. The lowest BCUT2D eigenvalue weighted by Gasteiger charge is -2.16. The first-order valence-corrected chi connectivity index (χ1v) is 6.50. The Balaban J connectivity index is 2.50. The van der Waals surface area contributed by atoms with Crippen LogP contribution in [0.3, 0.4) is 0 Å². The summed E-state index contributed by atoms with van der Waals surface area (Å²) in [6.45, 7) is 7.43. The Morgan fingerprint density at radius 1 is 1.41 bits per heavy atom. The third kappa shape index (κ3) is 4.59. The third-order valence-corrected chi connectivity index (χ3v) is 3.09. The Morgan fingerprint density at radius 3 is 2.82 bits per heavy atom. The molecule has 1 aromatic heterocycles. The number of hydrogen-bond acceptors (Lipinski definition) is 4. The van der Waals surface area contributed by atoms with Crippen LogP contribution in [0.15, 0.2) is 6.20 Å². The average molecular weight is 236 g/mol. The molecular weight excluding hydrogens is 212 g/mol. The monoisotopic (exact) mass is 236 g/mol. The van der Waals surface area contributed by atoms with E-state index in [1.165, 1.54) is 25.7 Å². The molecular formula is C13H24N4. The van der Waals surface area contributed by atoms with Crippen molar-refractivity contribution in [2.75, 3.05) is 17.6 Å². The molecule has 0 aliphatic carbocycles. The van der Waals surface area contributed by atoms with Gasteiger partial charge in [-0.1, -0.05) is 33.1 Å². The van der Waals surface area contributed by atoms with Gasteiger partial charge in [0.25, 0.3) is 0 Å². The smallest absolute Gasteiger partial charge is 0.221 e. The van der Waals surface area contributed by atoms with E-state index in [0.29, 0.717) is 11.9 Å². The summed E-state index contributed by atoms with van der Waals surface area (Å²) in [5.41, 5.74) is 6.63. The van der Waals surface area contributed by atoms with Crippen molar-refractivity contribution in [3.05, 3.63) is 11.8 Å². The van der Waals surface area contributed by atoms with E-state index >= 15 is 0 Å². The maximum absolute atomic E-state index is 5.58. The highest BCUT2D eigenvalue weighted by Crippen LogP contribution is 2.16. The van der Waals surface area contributed by atoms with Gasteiger partial charge in [0.2, 0.25) is 5.95 Å². The Morgan fingerprint density at radius 2 is 2.18 bits per heavy atom. The zero-order valence-electron chi connectivity index (χ0n) is 11.2. The van der Waals surface area contributed by atoms with Crippen LogP contribution in [-0.4, -0.2) is 16.5 Å². The molecule has 0 spiro atoms. The summed E-state index contributed by atoms with van der Waals surface area (Å²) in [6.07, 6.45) is 6.80. The van der Waals surface area contributed by atoms with Crippen molar-refractivity contribution in [2.24, 2.45) is 5.92 Å². The second kappa shape index (κ2) is 7.09. The summed E-state index contributed by atoms with van der Waals surface area (Å²) in [7, 11) is 0. The number of nitrogens with one attached hydrogen (secondary N) is 1. The normalized spacial score (nSPS) is 12.4. The van der Waals surface area contributed by atoms with E-state index in [0.717, 1.165) is 17.9 Å². The summed E-state index contributed by atoms with van der Waals surface area (Å²) in [5, 5.41) is 3.38. The van der Waals surface area contributed by atoms with E-state index in [9.17, 15) is 0 Å². The molecule has 4 heteroatoms. The average Bonchev–Trinajstić information content (AvgIpc) is 2.33.